The largest absolute Gasteiger partial charge is 0.315 e. The van der Waals surface area contributed by atoms with Gasteiger partial charge in [-0.1, -0.05) is 0 Å². The number of nitrogens with one attached hydrogen (secondary N) is 2. The molecule has 1 aliphatic heterocycles. The number of rotatable bonds is 6. The van der Waals surface area contributed by atoms with Gasteiger partial charge in [0.2, 0.25) is 0 Å². The van der Waals surface area contributed by atoms with Crippen LogP contribution in [-0.4, -0.2) is 45.1 Å². The molecule has 0 amide bonds. The Kier molecular flexibility index (Phi) is 3.56. The highest BCUT2D eigenvalue weighted by atomic mass is 32.2. The first-order valence-corrected chi connectivity index (χ1v) is 7.97. The molecule has 1 heterocycles. The lowest BCUT2D eigenvalue weighted by molar-refractivity contribution is 0.394. The SMILES string of the molecule is CC1(NCCNCC2CC2)CCS(=O)(=O)C1. The molecule has 16 heavy (non-hydrogen) atoms. The van der Waals surface area contributed by atoms with Crippen molar-refractivity contribution in [1.82, 2.24) is 10.6 Å². The maximum absolute atomic E-state index is 11.4. The summed E-state index contributed by atoms with van der Waals surface area (Å²) in [7, 11) is -2.78. The van der Waals surface area contributed by atoms with E-state index < -0.39 is 9.84 Å². The monoisotopic (exact) mass is 246 g/mol. The first-order valence-electron chi connectivity index (χ1n) is 6.15. The van der Waals surface area contributed by atoms with Crippen LogP contribution in [0, 0.1) is 5.92 Å². The molecule has 0 spiro atoms. The van der Waals surface area contributed by atoms with Gasteiger partial charge >= 0.3 is 0 Å². The van der Waals surface area contributed by atoms with Gasteiger partial charge in [0.05, 0.1) is 11.5 Å². The van der Waals surface area contributed by atoms with Gasteiger partial charge in [-0.05, 0) is 38.6 Å². The van der Waals surface area contributed by atoms with Gasteiger partial charge in [-0.2, -0.15) is 0 Å². The zero-order valence-electron chi connectivity index (χ0n) is 9.96. The van der Waals surface area contributed by atoms with E-state index in [2.05, 4.69) is 10.6 Å². The zero-order valence-corrected chi connectivity index (χ0v) is 10.8. The maximum Gasteiger partial charge on any atom is 0.152 e. The van der Waals surface area contributed by atoms with E-state index in [1.165, 1.54) is 12.8 Å². The Bertz CT molecular complexity index is 338. The molecule has 0 aromatic rings. The minimum atomic E-state index is -2.78. The van der Waals surface area contributed by atoms with Gasteiger partial charge in [-0.3, -0.25) is 0 Å². The van der Waals surface area contributed by atoms with Gasteiger partial charge in [0.15, 0.2) is 9.84 Å². The molecule has 1 saturated carbocycles. The van der Waals surface area contributed by atoms with Crippen molar-refractivity contribution in [3.8, 4) is 0 Å². The second-order valence-electron chi connectivity index (χ2n) is 5.48. The lowest BCUT2D eigenvalue weighted by Crippen LogP contribution is -2.46. The van der Waals surface area contributed by atoms with Crippen LogP contribution in [0.2, 0.25) is 0 Å². The van der Waals surface area contributed by atoms with Gasteiger partial charge < -0.3 is 10.6 Å². The van der Waals surface area contributed by atoms with Crippen LogP contribution in [0.5, 0.6) is 0 Å². The second-order valence-corrected chi connectivity index (χ2v) is 7.66. The highest BCUT2D eigenvalue weighted by molar-refractivity contribution is 7.91. The molecule has 0 bridgehead atoms. The fourth-order valence-electron chi connectivity index (χ4n) is 2.23. The summed E-state index contributed by atoms with van der Waals surface area (Å²) in [5, 5.41) is 6.76. The molecule has 1 saturated heterocycles. The Balaban J connectivity index is 1.61. The van der Waals surface area contributed by atoms with E-state index in [1.54, 1.807) is 0 Å². The predicted octanol–water partition coefficient (Wildman–Crippen LogP) is 0.153. The van der Waals surface area contributed by atoms with E-state index in [1.807, 2.05) is 6.92 Å². The van der Waals surface area contributed by atoms with Crippen LogP contribution in [0.4, 0.5) is 0 Å². The van der Waals surface area contributed by atoms with E-state index in [0.29, 0.717) is 11.5 Å². The van der Waals surface area contributed by atoms with Crippen molar-refractivity contribution in [1.29, 1.82) is 0 Å². The van der Waals surface area contributed by atoms with Crippen molar-refractivity contribution < 1.29 is 8.42 Å². The summed E-state index contributed by atoms with van der Waals surface area (Å²) in [5.74, 6) is 1.54. The fourth-order valence-corrected chi connectivity index (χ4v) is 4.35. The predicted molar refractivity (Wildman–Crippen MR) is 65.3 cm³/mol. The van der Waals surface area contributed by atoms with Crippen LogP contribution in [-0.2, 0) is 9.84 Å². The molecule has 2 fully saturated rings. The molecule has 2 N–H and O–H groups in total. The standard InChI is InChI=1S/C11H22N2O2S/c1-11(4-7-16(14,15)9-11)13-6-5-12-8-10-2-3-10/h10,12-13H,2-9H2,1H3. The van der Waals surface area contributed by atoms with Crippen LogP contribution in [0.15, 0.2) is 0 Å². The summed E-state index contributed by atoms with van der Waals surface area (Å²) >= 11 is 0. The molecule has 4 nitrogen and oxygen atoms in total. The van der Waals surface area contributed by atoms with Crippen molar-refractivity contribution in [3.63, 3.8) is 0 Å². The lowest BCUT2D eigenvalue weighted by atomic mass is 10.0. The van der Waals surface area contributed by atoms with E-state index >= 15 is 0 Å². The molecule has 0 aromatic carbocycles. The molecule has 94 valence electrons. The van der Waals surface area contributed by atoms with Crippen LogP contribution in [0.25, 0.3) is 0 Å². The third-order valence-electron chi connectivity index (χ3n) is 3.49. The molecular formula is C11H22N2O2S. The molecule has 1 aliphatic carbocycles. The highest BCUT2D eigenvalue weighted by Crippen LogP contribution is 2.27. The van der Waals surface area contributed by atoms with Crippen LogP contribution in [0.3, 0.4) is 0 Å². The molecule has 2 aliphatic rings. The Labute approximate surface area is 98.1 Å². The summed E-state index contributed by atoms with van der Waals surface area (Å²) in [6.45, 7) is 4.93. The van der Waals surface area contributed by atoms with Gasteiger partial charge in [0, 0.05) is 18.6 Å². The average molecular weight is 246 g/mol. The maximum atomic E-state index is 11.4. The minimum absolute atomic E-state index is 0.194. The first kappa shape index (κ1) is 12.3. The number of hydrogen-bond donors (Lipinski definition) is 2. The van der Waals surface area contributed by atoms with Gasteiger partial charge in [0.1, 0.15) is 0 Å². The quantitative estimate of drug-likeness (QED) is 0.655. The van der Waals surface area contributed by atoms with Gasteiger partial charge in [0.25, 0.3) is 0 Å². The summed E-state index contributed by atoms with van der Waals surface area (Å²) in [6, 6.07) is 0. The van der Waals surface area contributed by atoms with Gasteiger partial charge in [-0.25, -0.2) is 8.42 Å². The molecule has 1 unspecified atom stereocenters. The fraction of sp³-hybridized carbons (Fsp3) is 1.00. The Morgan fingerprint density at radius 3 is 2.62 bits per heavy atom. The lowest BCUT2D eigenvalue weighted by Gasteiger charge is -2.24. The van der Waals surface area contributed by atoms with E-state index in [4.69, 9.17) is 0 Å². The second kappa shape index (κ2) is 4.63. The summed E-state index contributed by atoms with van der Waals surface area (Å²) < 4.78 is 22.8. The molecule has 5 heteroatoms. The highest BCUT2D eigenvalue weighted by Gasteiger charge is 2.37. The summed E-state index contributed by atoms with van der Waals surface area (Å²) in [5.41, 5.74) is -0.194. The Hall–Kier alpha value is -0.130. The normalized spacial score (nSPS) is 33.1. The van der Waals surface area contributed by atoms with Crippen molar-refractivity contribution in [2.24, 2.45) is 5.92 Å². The Morgan fingerprint density at radius 2 is 2.06 bits per heavy atom. The van der Waals surface area contributed by atoms with Crippen LogP contribution < -0.4 is 10.6 Å². The molecule has 2 rings (SSSR count). The van der Waals surface area contributed by atoms with E-state index in [-0.39, 0.29) is 5.54 Å². The van der Waals surface area contributed by atoms with Crippen LogP contribution in [0.1, 0.15) is 26.2 Å². The summed E-state index contributed by atoms with van der Waals surface area (Å²) in [6.07, 6.45) is 3.49. The van der Waals surface area contributed by atoms with Crippen molar-refractivity contribution in [3.05, 3.63) is 0 Å². The number of sulfone groups is 1. The molecule has 1 atom stereocenters. The number of hydrogen-bond acceptors (Lipinski definition) is 4. The van der Waals surface area contributed by atoms with Crippen molar-refractivity contribution >= 4 is 9.84 Å². The smallest absolute Gasteiger partial charge is 0.152 e. The first-order chi connectivity index (χ1) is 7.49. The molecule has 0 aromatic heterocycles. The third kappa shape index (κ3) is 3.71. The van der Waals surface area contributed by atoms with Crippen molar-refractivity contribution in [2.75, 3.05) is 31.1 Å². The Morgan fingerprint density at radius 1 is 1.31 bits per heavy atom. The van der Waals surface area contributed by atoms with Crippen molar-refractivity contribution in [2.45, 2.75) is 31.7 Å². The molecule has 0 radical (unpaired) electrons. The summed E-state index contributed by atoms with van der Waals surface area (Å²) in [4.78, 5) is 0. The van der Waals surface area contributed by atoms with E-state index in [9.17, 15) is 8.42 Å². The average Bonchev–Trinajstić information content (AvgIpc) is 2.94. The third-order valence-corrected chi connectivity index (χ3v) is 5.39. The molecular weight excluding hydrogens is 224 g/mol. The minimum Gasteiger partial charge on any atom is -0.315 e. The van der Waals surface area contributed by atoms with Gasteiger partial charge in [-0.15, -0.1) is 0 Å². The zero-order chi connectivity index (χ0) is 11.6. The van der Waals surface area contributed by atoms with E-state index in [0.717, 1.165) is 32.0 Å². The van der Waals surface area contributed by atoms with Crippen LogP contribution >= 0.6 is 0 Å². The topological polar surface area (TPSA) is 58.2 Å².